The molecule has 4 aromatic rings. The van der Waals surface area contributed by atoms with Crippen LogP contribution in [0.3, 0.4) is 0 Å². The van der Waals surface area contributed by atoms with Gasteiger partial charge in [0.25, 0.3) is 0 Å². The first-order valence-electron chi connectivity index (χ1n) is 8.65. The van der Waals surface area contributed by atoms with E-state index in [1.165, 1.54) is 10.4 Å². The average molecular weight is 360 g/mol. The van der Waals surface area contributed by atoms with Crippen LogP contribution in [-0.4, -0.2) is 16.5 Å². The van der Waals surface area contributed by atoms with E-state index < -0.39 is 0 Å². The van der Waals surface area contributed by atoms with Gasteiger partial charge in [0.05, 0.1) is 5.52 Å². The van der Waals surface area contributed by atoms with Gasteiger partial charge in [-0.2, -0.15) is 4.98 Å². The highest BCUT2D eigenvalue weighted by atomic mass is 32.1. The number of para-hydroxylation sites is 1. The summed E-state index contributed by atoms with van der Waals surface area (Å²) in [6, 6.07) is 20.5. The highest BCUT2D eigenvalue weighted by Crippen LogP contribution is 2.24. The number of hydrogen-bond donors (Lipinski definition) is 2. The lowest BCUT2D eigenvalue weighted by Crippen LogP contribution is -2.08. The van der Waals surface area contributed by atoms with Crippen LogP contribution in [0.15, 0.2) is 66.0 Å². The lowest BCUT2D eigenvalue weighted by atomic mass is 10.2. The molecule has 0 bridgehead atoms. The van der Waals surface area contributed by atoms with Crippen LogP contribution in [0.2, 0.25) is 0 Å². The van der Waals surface area contributed by atoms with Gasteiger partial charge in [0, 0.05) is 22.5 Å². The van der Waals surface area contributed by atoms with Crippen LogP contribution in [0, 0.1) is 6.92 Å². The molecule has 4 rings (SSSR count). The number of aryl methyl sites for hydroxylation is 1. The van der Waals surface area contributed by atoms with Crippen LogP contribution in [0.5, 0.6) is 0 Å². The van der Waals surface area contributed by atoms with E-state index >= 15 is 0 Å². The molecule has 26 heavy (non-hydrogen) atoms. The van der Waals surface area contributed by atoms with Crippen molar-refractivity contribution in [3.8, 4) is 0 Å². The summed E-state index contributed by atoms with van der Waals surface area (Å²) in [5, 5.41) is 9.95. The standard InChI is InChI=1S/C21H20N4S/c1-15-6-4-7-16(14-15)23-21-24-19-10-3-2-9-18(19)20(25-21)22-12-11-17-8-5-13-26-17/h2-10,13-14H,11-12H2,1H3,(H2,22,23,24,25). The fourth-order valence-corrected chi connectivity index (χ4v) is 3.59. The number of thiophene rings is 1. The van der Waals surface area contributed by atoms with Gasteiger partial charge in [-0.15, -0.1) is 11.3 Å². The second kappa shape index (κ2) is 7.54. The van der Waals surface area contributed by atoms with E-state index in [1.54, 1.807) is 11.3 Å². The Morgan fingerprint density at radius 1 is 0.962 bits per heavy atom. The van der Waals surface area contributed by atoms with E-state index in [1.807, 2.05) is 30.3 Å². The van der Waals surface area contributed by atoms with Crippen molar-refractivity contribution in [2.45, 2.75) is 13.3 Å². The predicted octanol–water partition coefficient (Wildman–Crippen LogP) is 5.40. The van der Waals surface area contributed by atoms with E-state index in [4.69, 9.17) is 4.98 Å². The van der Waals surface area contributed by atoms with Crippen molar-refractivity contribution >= 4 is 39.7 Å². The quantitative estimate of drug-likeness (QED) is 0.483. The fourth-order valence-electron chi connectivity index (χ4n) is 2.88. The van der Waals surface area contributed by atoms with Crippen LogP contribution in [0.1, 0.15) is 10.4 Å². The van der Waals surface area contributed by atoms with E-state index in [0.29, 0.717) is 5.95 Å². The minimum atomic E-state index is 0.605. The van der Waals surface area contributed by atoms with Crippen molar-refractivity contribution < 1.29 is 0 Å². The van der Waals surface area contributed by atoms with Gasteiger partial charge in [-0.05, 0) is 54.6 Å². The number of hydrogen-bond acceptors (Lipinski definition) is 5. The molecular formula is C21H20N4S. The fraction of sp³-hybridized carbons (Fsp3) is 0.143. The van der Waals surface area contributed by atoms with Crippen molar-refractivity contribution in [2.24, 2.45) is 0 Å². The Balaban J connectivity index is 1.60. The molecule has 0 aliphatic rings. The molecule has 0 aliphatic heterocycles. The van der Waals surface area contributed by atoms with Gasteiger partial charge in [0.2, 0.25) is 5.95 Å². The zero-order chi connectivity index (χ0) is 17.8. The van der Waals surface area contributed by atoms with E-state index in [9.17, 15) is 0 Å². The van der Waals surface area contributed by atoms with Crippen molar-refractivity contribution in [3.05, 3.63) is 76.5 Å². The summed E-state index contributed by atoms with van der Waals surface area (Å²) < 4.78 is 0. The van der Waals surface area contributed by atoms with Gasteiger partial charge < -0.3 is 10.6 Å². The number of anilines is 3. The van der Waals surface area contributed by atoms with Crippen LogP contribution in [0.4, 0.5) is 17.5 Å². The Hall–Kier alpha value is -2.92. The number of nitrogens with zero attached hydrogens (tertiary/aromatic N) is 2. The van der Waals surface area contributed by atoms with Gasteiger partial charge in [-0.25, -0.2) is 4.98 Å². The molecule has 2 heterocycles. The first kappa shape index (κ1) is 16.5. The normalized spacial score (nSPS) is 10.8. The Morgan fingerprint density at radius 2 is 1.88 bits per heavy atom. The monoisotopic (exact) mass is 360 g/mol. The van der Waals surface area contributed by atoms with E-state index in [0.717, 1.165) is 35.4 Å². The minimum absolute atomic E-state index is 0.605. The molecule has 0 saturated heterocycles. The molecule has 2 aromatic heterocycles. The van der Waals surface area contributed by atoms with Gasteiger partial charge in [-0.1, -0.05) is 30.3 Å². The third kappa shape index (κ3) is 3.83. The molecule has 0 fully saturated rings. The zero-order valence-corrected chi connectivity index (χ0v) is 15.4. The van der Waals surface area contributed by atoms with Crippen molar-refractivity contribution in [2.75, 3.05) is 17.2 Å². The maximum absolute atomic E-state index is 4.71. The molecule has 2 aromatic carbocycles. The SMILES string of the molecule is Cc1cccc(Nc2nc(NCCc3cccs3)c3ccccc3n2)c1. The molecule has 4 nitrogen and oxygen atoms in total. The summed E-state index contributed by atoms with van der Waals surface area (Å²) in [6.45, 7) is 2.91. The Bertz CT molecular complexity index is 1010. The molecular weight excluding hydrogens is 340 g/mol. The summed E-state index contributed by atoms with van der Waals surface area (Å²) in [4.78, 5) is 10.7. The summed E-state index contributed by atoms with van der Waals surface area (Å²) in [6.07, 6.45) is 0.983. The summed E-state index contributed by atoms with van der Waals surface area (Å²) in [5.41, 5.74) is 3.12. The molecule has 5 heteroatoms. The maximum atomic E-state index is 4.71. The number of nitrogens with one attached hydrogen (secondary N) is 2. The molecule has 2 N–H and O–H groups in total. The highest BCUT2D eigenvalue weighted by Gasteiger charge is 2.08. The highest BCUT2D eigenvalue weighted by molar-refractivity contribution is 7.09. The van der Waals surface area contributed by atoms with Crippen LogP contribution < -0.4 is 10.6 Å². The summed E-state index contributed by atoms with van der Waals surface area (Å²) in [5.74, 6) is 1.47. The van der Waals surface area contributed by atoms with E-state index in [-0.39, 0.29) is 0 Å². The van der Waals surface area contributed by atoms with Crippen LogP contribution >= 0.6 is 11.3 Å². The summed E-state index contributed by atoms with van der Waals surface area (Å²) in [7, 11) is 0. The Labute approximate surface area is 157 Å². The van der Waals surface area contributed by atoms with Crippen molar-refractivity contribution in [1.82, 2.24) is 9.97 Å². The van der Waals surface area contributed by atoms with Crippen LogP contribution in [-0.2, 0) is 6.42 Å². The summed E-state index contributed by atoms with van der Waals surface area (Å²) >= 11 is 1.78. The first-order valence-corrected chi connectivity index (χ1v) is 9.53. The second-order valence-electron chi connectivity index (χ2n) is 6.16. The first-order chi connectivity index (χ1) is 12.8. The molecule has 0 atom stereocenters. The van der Waals surface area contributed by atoms with Gasteiger partial charge >= 0.3 is 0 Å². The topological polar surface area (TPSA) is 49.8 Å². The van der Waals surface area contributed by atoms with Crippen molar-refractivity contribution in [3.63, 3.8) is 0 Å². The van der Waals surface area contributed by atoms with Gasteiger partial charge in [-0.3, -0.25) is 0 Å². The minimum Gasteiger partial charge on any atom is -0.369 e. The van der Waals surface area contributed by atoms with Gasteiger partial charge in [0.1, 0.15) is 5.82 Å². The maximum Gasteiger partial charge on any atom is 0.229 e. The molecule has 0 aliphatic carbocycles. The molecule has 0 amide bonds. The molecule has 130 valence electrons. The smallest absolute Gasteiger partial charge is 0.229 e. The third-order valence-electron chi connectivity index (χ3n) is 4.12. The third-order valence-corrected chi connectivity index (χ3v) is 5.06. The Morgan fingerprint density at radius 3 is 2.73 bits per heavy atom. The molecule has 0 spiro atoms. The lowest BCUT2D eigenvalue weighted by molar-refractivity contribution is 1.03. The second-order valence-corrected chi connectivity index (χ2v) is 7.20. The van der Waals surface area contributed by atoms with E-state index in [2.05, 4.69) is 58.3 Å². The number of aromatic nitrogens is 2. The molecule has 0 unspecified atom stereocenters. The van der Waals surface area contributed by atoms with Crippen LogP contribution in [0.25, 0.3) is 10.9 Å². The largest absolute Gasteiger partial charge is 0.369 e. The Kier molecular flexibility index (Phi) is 4.80. The van der Waals surface area contributed by atoms with Gasteiger partial charge in [0.15, 0.2) is 0 Å². The predicted molar refractivity (Wildman–Crippen MR) is 111 cm³/mol. The lowest BCUT2D eigenvalue weighted by Gasteiger charge is -2.12. The number of rotatable bonds is 6. The zero-order valence-electron chi connectivity index (χ0n) is 14.6. The molecule has 0 saturated carbocycles. The number of fused-ring (bicyclic) bond motifs is 1. The number of benzene rings is 2. The molecule has 0 radical (unpaired) electrons. The average Bonchev–Trinajstić information content (AvgIpc) is 3.15. The van der Waals surface area contributed by atoms with Crippen molar-refractivity contribution in [1.29, 1.82) is 0 Å².